The van der Waals surface area contributed by atoms with Crippen LogP contribution in [0, 0.1) is 6.92 Å². The lowest BCUT2D eigenvalue weighted by Gasteiger charge is -2.23. The average molecular weight is 230 g/mol. The monoisotopic (exact) mass is 230 g/mol. The number of aryl methyl sites for hydroxylation is 1. The van der Waals surface area contributed by atoms with Gasteiger partial charge in [0.2, 0.25) is 0 Å². The van der Waals surface area contributed by atoms with Gasteiger partial charge in [-0.15, -0.1) is 11.3 Å². The molecule has 1 heterocycles. The van der Waals surface area contributed by atoms with Crippen LogP contribution in [0.3, 0.4) is 0 Å². The molecule has 0 unspecified atom stereocenters. The molecule has 0 saturated heterocycles. The first kappa shape index (κ1) is 11.4. The molecule has 0 aliphatic carbocycles. The molecular weight excluding hydrogens is 212 g/mol. The fraction of sp³-hybridized carbons (Fsp3) is 0.333. The lowest BCUT2D eigenvalue weighted by atomic mass is 9.83. The average Bonchev–Trinajstić information content (AvgIpc) is 2.68. The molecule has 0 radical (unpaired) electrons. The summed E-state index contributed by atoms with van der Waals surface area (Å²) in [4.78, 5) is 1.37. The van der Waals surface area contributed by atoms with E-state index in [0.717, 1.165) is 0 Å². The van der Waals surface area contributed by atoms with Gasteiger partial charge in [-0.1, -0.05) is 50.6 Å². The summed E-state index contributed by atoms with van der Waals surface area (Å²) in [5.41, 5.74) is 4.35. The van der Waals surface area contributed by atoms with Gasteiger partial charge in [0.25, 0.3) is 0 Å². The van der Waals surface area contributed by atoms with Crippen molar-refractivity contribution in [3.05, 3.63) is 46.8 Å². The summed E-state index contributed by atoms with van der Waals surface area (Å²) in [6.07, 6.45) is 0. The molecule has 1 aromatic carbocycles. The molecule has 0 amide bonds. The maximum atomic E-state index is 2.30. The second-order valence-electron chi connectivity index (χ2n) is 5.28. The molecule has 2 rings (SSSR count). The normalized spacial score (nSPS) is 11.8. The van der Waals surface area contributed by atoms with Crippen molar-refractivity contribution in [1.29, 1.82) is 0 Å². The van der Waals surface area contributed by atoms with Crippen LogP contribution in [-0.4, -0.2) is 0 Å². The molecular formula is C15H18S. The van der Waals surface area contributed by atoms with Crippen LogP contribution in [0.25, 0.3) is 10.4 Å². The Morgan fingerprint density at radius 2 is 1.81 bits per heavy atom. The van der Waals surface area contributed by atoms with Crippen LogP contribution in [0.2, 0.25) is 0 Å². The van der Waals surface area contributed by atoms with E-state index >= 15 is 0 Å². The summed E-state index contributed by atoms with van der Waals surface area (Å²) >= 11 is 1.81. The van der Waals surface area contributed by atoms with Gasteiger partial charge in [-0.05, 0) is 34.9 Å². The van der Waals surface area contributed by atoms with Crippen molar-refractivity contribution < 1.29 is 0 Å². The minimum absolute atomic E-state index is 0.201. The van der Waals surface area contributed by atoms with Gasteiger partial charge in [0.1, 0.15) is 0 Å². The highest BCUT2D eigenvalue weighted by Crippen LogP contribution is 2.35. The number of hydrogen-bond acceptors (Lipinski definition) is 1. The largest absolute Gasteiger partial charge is 0.144 e. The molecule has 0 saturated carbocycles. The van der Waals surface area contributed by atoms with Gasteiger partial charge in [0, 0.05) is 4.88 Å². The molecule has 0 aliphatic heterocycles. The predicted octanol–water partition coefficient (Wildman–Crippen LogP) is 5.02. The summed E-state index contributed by atoms with van der Waals surface area (Å²) in [5, 5.41) is 2.14. The minimum Gasteiger partial charge on any atom is -0.144 e. The third kappa shape index (κ3) is 2.19. The van der Waals surface area contributed by atoms with Crippen molar-refractivity contribution in [1.82, 2.24) is 0 Å². The number of hydrogen-bond donors (Lipinski definition) is 0. The Hall–Kier alpha value is -1.08. The van der Waals surface area contributed by atoms with Crippen molar-refractivity contribution in [3.8, 4) is 10.4 Å². The van der Waals surface area contributed by atoms with Gasteiger partial charge in [-0.2, -0.15) is 0 Å². The van der Waals surface area contributed by atoms with Crippen LogP contribution in [-0.2, 0) is 5.41 Å². The first-order valence-electron chi connectivity index (χ1n) is 5.63. The van der Waals surface area contributed by atoms with Gasteiger partial charge in [0.15, 0.2) is 0 Å². The Bertz CT molecular complexity index is 473. The lowest BCUT2D eigenvalue weighted by molar-refractivity contribution is 0.592. The topological polar surface area (TPSA) is 0 Å². The van der Waals surface area contributed by atoms with Crippen LogP contribution in [0.5, 0.6) is 0 Å². The Morgan fingerprint density at radius 1 is 1.06 bits per heavy atom. The number of benzene rings is 1. The molecule has 1 heteroatoms. The summed E-state index contributed by atoms with van der Waals surface area (Å²) in [5.74, 6) is 0. The summed E-state index contributed by atoms with van der Waals surface area (Å²) in [7, 11) is 0. The van der Waals surface area contributed by atoms with E-state index in [-0.39, 0.29) is 5.41 Å². The lowest BCUT2D eigenvalue weighted by Crippen LogP contribution is -2.12. The van der Waals surface area contributed by atoms with Crippen molar-refractivity contribution in [2.45, 2.75) is 33.1 Å². The summed E-state index contributed by atoms with van der Waals surface area (Å²) < 4.78 is 0. The van der Waals surface area contributed by atoms with E-state index in [4.69, 9.17) is 0 Å². The smallest absolute Gasteiger partial charge is 0.0345 e. The van der Waals surface area contributed by atoms with Crippen LogP contribution < -0.4 is 0 Å². The molecule has 16 heavy (non-hydrogen) atoms. The van der Waals surface area contributed by atoms with E-state index < -0.39 is 0 Å². The minimum atomic E-state index is 0.201. The van der Waals surface area contributed by atoms with E-state index in [1.54, 1.807) is 0 Å². The van der Waals surface area contributed by atoms with Gasteiger partial charge < -0.3 is 0 Å². The van der Waals surface area contributed by atoms with E-state index in [2.05, 4.69) is 63.4 Å². The highest BCUT2D eigenvalue weighted by molar-refractivity contribution is 7.13. The van der Waals surface area contributed by atoms with Gasteiger partial charge in [0.05, 0.1) is 0 Å². The highest BCUT2D eigenvalue weighted by Gasteiger charge is 2.18. The zero-order valence-corrected chi connectivity index (χ0v) is 11.2. The Balaban J connectivity index is 2.63. The van der Waals surface area contributed by atoms with Gasteiger partial charge >= 0.3 is 0 Å². The summed E-state index contributed by atoms with van der Waals surface area (Å²) in [6.45, 7) is 8.97. The third-order valence-electron chi connectivity index (χ3n) is 2.77. The van der Waals surface area contributed by atoms with Gasteiger partial charge in [-0.3, -0.25) is 0 Å². The van der Waals surface area contributed by atoms with Crippen LogP contribution in [0.15, 0.2) is 35.7 Å². The third-order valence-corrected chi connectivity index (χ3v) is 3.67. The van der Waals surface area contributed by atoms with Crippen LogP contribution in [0.1, 0.15) is 31.9 Å². The molecule has 0 bridgehead atoms. The second-order valence-corrected chi connectivity index (χ2v) is 6.22. The Morgan fingerprint density at radius 3 is 2.38 bits per heavy atom. The zero-order chi connectivity index (χ0) is 11.8. The van der Waals surface area contributed by atoms with Gasteiger partial charge in [-0.25, -0.2) is 0 Å². The zero-order valence-electron chi connectivity index (χ0n) is 10.4. The molecule has 0 fully saturated rings. The first-order chi connectivity index (χ1) is 7.48. The maximum Gasteiger partial charge on any atom is 0.0345 e. The standard InChI is InChI=1S/C15H18S/c1-11-7-8-13(15(2,3)4)12(10-11)14-6-5-9-16-14/h5-10H,1-4H3. The maximum absolute atomic E-state index is 2.30. The van der Waals surface area contributed by atoms with Crippen LogP contribution >= 0.6 is 11.3 Å². The Kier molecular flexibility index (Phi) is 2.90. The molecule has 0 aliphatic rings. The van der Waals surface area contributed by atoms with E-state index in [9.17, 15) is 0 Å². The van der Waals surface area contributed by atoms with Crippen LogP contribution in [0.4, 0.5) is 0 Å². The molecule has 0 N–H and O–H groups in total. The van der Waals surface area contributed by atoms with Crippen molar-refractivity contribution in [3.63, 3.8) is 0 Å². The SMILES string of the molecule is Cc1ccc(C(C)(C)C)c(-c2cccs2)c1. The first-order valence-corrected chi connectivity index (χ1v) is 6.51. The number of rotatable bonds is 1. The number of thiophene rings is 1. The fourth-order valence-corrected chi connectivity index (χ4v) is 2.70. The Labute approximate surface area is 102 Å². The summed E-state index contributed by atoms with van der Waals surface area (Å²) in [6, 6.07) is 11.1. The van der Waals surface area contributed by atoms with Crippen molar-refractivity contribution >= 4 is 11.3 Å². The van der Waals surface area contributed by atoms with Crippen molar-refractivity contribution in [2.75, 3.05) is 0 Å². The van der Waals surface area contributed by atoms with E-state index in [0.29, 0.717) is 0 Å². The van der Waals surface area contributed by atoms with Crippen molar-refractivity contribution in [2.24, 2.45) is 0 Å². The van der Waals surface area contributed by atoms with E-state index in [1.165, 1.54) is 21.6 Å². The highest BCUT2D eigenvalue weighted by atomic mass is 32.1. The molecule has 1 aromatic heterocycles. The molecule has 0 spiro atoms. The molecule has 0 atom stereocenters. The predicted molar refractivity (Wildman–Crippen MR) is 73.2 cm³/mol. The molecule has 2 aromatic rings. The molecule has 84 valence electrons. The second kappa shape index (κ2) is 4.06. The van der Waals surface area contributed by atoms with E-state index in [1.807, 2.05) is 11.3 Å². The molecule has 0 nitrogen and oxygen atoms in total. The fourth-order valence-electron chi connectivity index (χ4n) is 1.95. The quantitative estimate of drug-likeness (QED) is 0.645.